The van der Waals surface area contributed by atoms with Gasteiger partial charge in [0.15, 0.2) is 0 Å². The molecule has 0 spiro atoms. The molecule has 4 aromatic rings. The molecule has 5 nitrogen and oxygen atoms in total. The first kappa shape index (κ1) is 20.6. The fraction of sp³-hybridized carbons (Fsp3) is 0.333. The molecule has 0 saturated carbocycles. The van der Waals surface area contributed by atoms with Crippen LogP contribution >= 0.6 is 11.3 Å². The molecule has 6 heteroatoms. The van der Waals surface area contributed by atoms with Gasteiger partial charge in [-0.2, -0.15) is 0 Å². The van der Waals surface area contributed by atoms with Gasteiger partial charge in [0.25, 0.3) is 5.56 Å². The Labute approximate surface area is 180 Å². The molecular formula is C24H27N3O2S. The molecule has 0 bridgehead atoms. The molecule has 30 heavy (non-hydrogen) atoms. The minimum absolute atomic E-state index is 0.0475. The quantitative estimate of drug-likeness (QED) is 0.402. The lowest BCUT2D eigenvalue weighted by molar-refractivity contribution is 0.442. The first-order chi connectivity index (χ1) is 14.6. The Balaban J connectivity index is 1.61. The minimum atomic E-state index is -0.117. The monoisotopic (exact) mass is 421 g/mol. The largest absolute Gasteiger partial charge is 0.467 e. The van der Waals surface area contributed by atoms with E-state index in [0.29, 0.717) is 18.3 Å². The third-order valence-corrected chi connectivity index (χ3v) is 6.64. The van der Waals surface area contributed by atoms with Gasteiger partial charge >= 0.3 is 0 Å². The number of benzene rings is 1. The van der Waals surface area contributed by atoms with Crippen molar-refractivity contribution in [3.63, 3.8) is 0 Å². The number of thiophene rings is 1. The Bertz CT molecular complexity index is 1160. The summed E-state index contributed by atoms with van der Waals surface area (Å²) in [4.78, 5) is 22.7. The van der Waals surface area contributed by atoms with E-state index in [1.807, 2.05) is 30.3 Å². The van der Waals surface area contributed by atoms with Crippen molar-refractivity contribution in [2.45, 2.75) is 46.2 Å². The Morgan fingerprint density at radius 2 is 2.00 bits per heavy atom. The highest BCUT2D eigenvalue weighted by molar-refractivity contribution is 7.18. The van der Waals surface area contributed by atoms with Crippen molar-refractivity contribution in [3.8, 4) is 0 Å². The standard InChI is InChI=1S/C24H27N3O2S/c1-4-15(2)13-18-16(3)30-24-21(18)23(28)26-20(27-24)14-25-22(19-11-8-12-29-19)17-9-6-5-7-10-17/h5-12,15,22,25H,4,13-14H2,1-3H3,(H,26,27,28)/t15-,22+/m0/s1. The van der Waals surface area contributed by atoms with Crippen molar-refractivity contribution in [2.24, 2.45) is 5.92 Å². The maximum atomic E-state index is 12.9. The zero-order valence-electron chi connectivity index (χ0n) is 17.6. The molecule has 3 aromatic heterocycles. The number of H-pyrrole nitrogens is 1. The molecule has 0 amide bonds. The molecule has 4 rings (SSSR count). The average Bonchev–Trinajstić information content (AvgIpc) is 3.37. The molecule has 2 atom stereocenters. The predicted molar refractivity (Wildman–Crippen MR) is 122 cm³/mol. The summed E-state index contributed by atoms with van der Waals surface area (Å²) in [6.07, 6.45) is 3.68. The first-order valence-electron chi connectivity index (χ1n) is 10.4. The van der Waals surface area contributed by atoms with E-state index in [-0.39, 0.29) is 11.6 Å². The van der Waals surface area contributed by atoms with E-state index >= 15 is 0 Å². The highest BCUT2D eigenvalue weighted by Gasteiger charge is 2.19. The summed E-state index contributed by atoms with van der Waals surface area (Å²) >= 11 is 1.61. The van der Waals surface area contributed by atoms with Gasteiger partial charge in [-0.3, -0.25) is 10.1 Å². The molecular weight excluding hydrogens is 394 g/mol. The van der Waals surface area contributed by atoms with Crippen LogP contribution in [0.4, 0.5) is 0 Å². The summed E-state index contributed by atoms with van der Waals surface area (Å²) in [6.45, 7) is 6.93. The fourth-order valence-electron chi connectivity index (χ4n) is 3.72. The van der Waals surface area contributed by atoms with Gasteiger partial charge in [-0.15, -0.1) is 11.3 Å². The van der Waals surface area contributed by atoms with Crippen molar-refractivity contribution >= 4 is 21.6 Å². The number of aromatic nitrogens is 2. The van der Waals surface area contributed by atoms with Gasteiger partial charge in [-0.25, -0.2) is 4.98 Å². The third-order valence-electron chi connectivity index (χ3n) is 5.60. The second-order valence-corrected chi connectivity index (χ2v) is 8.99. The molecule has 0 aliphatic heterocycles. The van der Waals surface area contributed by atoms with Crippen molar-refractivity contribution in [3.05, 3.63) is 86.7 Å². The van der Waals surface area contributed by atoms with E-state index in [4.69, 9.17) is 9.40 Å². The van der Waals surface area contributed by atoms with Crippen LogP contribution in [0.25, 0.3) is 10.2 Å². The lowest BCUT2D eigenvalue weighted by Crippen LogP contribution is -2.24. The average molecular weight is 422 g/mol. The third kappa shape index (κ3) is 4.25. The number of nitrogens with one attached hydrogen (secondary N) is 2. The van der Waals surface area contributed by atoms with Gasteiger partial charge < -0.3 is 9.40 Å². The molecule has 0 saturated heterocycles. The van der Waals surface area contributed by atoms with Crippen LogP contribution in [0.15, 0.2) is 57.9 Å². The summed E-state index contributed by atoms with van der Waals surface area (Å²) < 4.78 is 5.65. The first-order valence-corrected chi connectivity index (χ1v) is 11.2. The van der Waals surface area contributed by atoms with Crippen molar-refractivity contribution in [2.75, 3.05) is 0 Å². The second kappa shape index (κ2) is 8.98. The van der Waals surface area contributed by atoms with E-state index in [2.05, 4.69) is 43.2 Å². The van der Waals surface area contributed by atoms with Gasteiger partial charge in [0, 0.05) is 4.88 Å². The van der Waals surface area contributed by atoms with Crippen LogP contribution in [0.3, 0.4) is 0 Å². The smallest absolute Gasteiger partial charge is 0.259 e. The van der Waals surface area contributed by atoms with Crippen LogP contribution in [0.1, 0.15) is 53.9 Å². The number of hydrogen-bond acceptors (Lipinski definition) is 5. The lowest BCUT2D eigenvalue weighted by Gasteiger charge is -2.17. The Kier molecular flexibility index (Phi) is 6.16. The number of hydrogen-bond donors (Lipinski definition) is 2. The minimum Gasteiger partial charge on any atom is -0.467 e. The van der Waals surface area contributed by atoms with Crippen LogP contribution in [-0.2, 0) is 13.0 Å². The highest BCUT2D eigenvalue weighted by atomic mass is 32.1. The molecule has 3 heterocycles. The fourth-order valence-corrected chi connectivity index (χ4v) is 4.80. The van der Waals surface area contributed by atoms with Gasteiger partial charge in [-0.1, -0.05) is 50.6 Å². The number of aryl methyl sites for hydroxylation is 1. The molecule has 0 aliphatic rings. The maximum absolute atomic E-state index is 12.9. The lowest BCUT2D eigenvalue weighted by atomic mass is 9.98. The zero-order valence-corrected chi connectivity index (χ0v) is 18.4. The summed E-state index contributed by atoms with van der Waals surface area (Å²) in [6, 6.07) is 13.8. The van der Waals surface area contributed by atoms with E-state index in [1.54, 1.807) is 17.6 Å². The summed E-state index contributed by atoms with van der Waals surface area (Å²) in [5.41, 5.74) is 2.20. The normalized spacial score (nSPS) is 13.6. The van der Waals surface area contributed by atoms with Gasteiger partial charge in [-0.05, 0) is 42.5 Å². The number of nitrogens with zero attached hydrogens (tertiary/aromatic N) is 1. The molecule has 0 radical (unpaired) electrons. The van der Waals surface area contributed by atoms with Crippen molar-refractivity contribution in [1.82, 2.24) is 15.3 Å². The predicted octanol–water partition coefficient (Wildman–Crippen LogP) is 5.35. The topological polar surface area (TPSA) is 70.9 Å². The van der Waals surface area contributed by atoms with E-state index in [9.17, 15) is 4.79 Å². The number of rotatable bonds is 8. The molecule has 0 fully saturated rings. The van der Waals surface area contributed by atoms with Crippen molar-refractivity contribution in [1.29, 1.82) is 0 Å². The summed E-state index contributed by atoms with van der Waals surface area (Å²) in [5.74, 6) is 2.01. The van der Waals surface area contributed by atoms with Gasteiger partial charge in [0.1, 0.15) is 16.4 Å². The van der Waals surface area contributed by atoms with E-state index in [0.717, 1.165) is 39.9 Å². The number of fused-ring (bicyclic) bond motifs is 1. The molecule has 2 N–H and O–H groups in total. The Morgan fingerprint density at radius 1 is 1.20 bits per heavy atom. The van der Waals surface area contributed by atoms with Crippen LogP contribution in [0.5, 0.6) is 0 Å². The van der Waals surface area contributed by atoms with Crippen molar-refractivity contribution < 1.29 is 4.42 Å². The zero-order chi connectivity index (χ0) is 21.1. The molecule has 156 valence electrons. The van der Waals surface area contributed by atoms with Crippen LogP contribution in [0, 0.1) is 12.8 Å². The van der Waals surface area contributed by atoms with Crippen LogP contribution in [-0.4, -0.2) is 9.97 Å². The van der Waals surface area contributed by atoms with E-state index < -0.39 is 0 Å². The van der Waals surface area contributed by atoms with Gasteiger partial charge in [0.05, 0.1) is 24.2 Å². The van der Waals surface area contributed by atoms with Crippen LogP contribution in [0.2, 0.25) is 0 Å². The van der Waals surface area contributed by atoms with Gasteiger partial charge in [0.2, 0.25) is 0 Å². The summed E-state index contributed by atoms with van der Waals surface area (Å²) in [5, 5.41) is 4.24. The van der Waals surface area contributed by atoms with E-state index in [1.165, 1.54) is 4.88 Å². The maximum Gasteiger partial charge on any atom is 0.259 e. The molecule has 1 aromatic carbocycles. The number of furan rings is 1. The Morgan fingerprint density at radius 3 is 2.70 bits per heavy atom. The Hall–Kier alpha value is -2.70. The summed E-state index contributed by atoms with van der Waals surface area (Å²) in [7, 11) is 0. The molecule has 0 unspecified atom stereocenters. The number of aromatic amines is 1. The molecule has 0 aliphatic carbocycles. The SMILES string of the molecule is CC[C@H](C)Cc1c(C)sc2nc(CN[C@H](c3ccccc3)c3ccco3)[nH]c(=O)c12. The highest BCUT2D eigenvalue weighted by Crippen LogP contribution is 2.30. The second-order valence-electron chi connectivity index (χ2n) is 7.79. The van der Waals surface area contributed by atoms with Crippen LogP contribution < -0.4 is 10.9 Å².